The predicted octanol–water partition coefficient (Wildman–Crippen LogP) is 2.21. The molecule has 1 saturated heterocycles. The van der Waals surface area contributed by atoms with E-state index in [0.717, 1.165) is 25.1 Å². The van der Waals surface area contributed by atoms with Crippen molar-refractivity contribution >= 4 is 28.3 Å². The fourth-order valence-electron chi connectivity index (χ4n) is 1.68. The highest BCUT2D eigenvalue weighted by atomic mass is 127. The highest BCUT2D eigenvalue weighted by molar-refractivity contribution is 14.1. The van der Waals surface area contributed by atoms with Gasteiger partial charge in [0, 0.05) is 15.8 Å². The van der Waals surface area contributed by atoms with Crippen molar-refractivity contribution in [1.29, 1.82) is 0 Å². The second-order valence-electron chi connectivity index (χ2n) is 3.29. The zero-order valence-corrected chi connectivity index (χ0v) is 9.44. The third-order valence-corrected chi connectivity index (χ3v) is 3.10. The molecular formula is C10H12INO. The van der Waals surface area contributed by atoms with Gasteiger partial charge in [0.15, 0.2) is 0 Å². The molecule has 0 aliphatic carbocycles. The summed E-state index contributed by atoms with van der Waals surface area (Å²) < 4.78 is 1.23. The first-order valence-electron chi connectivity index (χ1n) is 4.47. The van der Waals surface area contributed by atoms with Crippen molar-refractivity contribution in [2.75, 3.05) is 11.4 Å². The van der Waals surface area contributed by atoms with Gasteiger partial charge in [-0.15, -0.1) is 0 Å². The lowest BCUT2D eigenvalue weighted by Crippen LogP contribution is -2.28. The Morgan fingerprint density at radius 1 is 1.31 bits per heavy atom. The molecule has 0 bridgehead atoms. The van der Waals surface area contributed by atoms with Gasteiger partial charge in [0.05, 0.1) is 0 Å². The molecule has 1 fully saturated rings. The molecule has 1 aliphatic heterocycles. The summed E-state index contributed by atoms with van der Waals surface area (Å²) in [5, 5.41) is 9.64. The smallest absolute Gasteiger partial charge is 0.126 e. The highest BCUT2D eigenvalue weighted by Crippen LogP contribution is 2.24. The average molecular weight is 289 g/mol. The average Bonchev–Trinajstić information content (AvgIpc) is 2.53. The van der Waals surface area contributed by atoms with Crippen LogP contribution in [0.5, 0.6) is 0 Å². The second-order valence-corrected chi connectivity index (χ2v) is 4.54. The molecule has 70 valence electrons. The van der Waals surface area contributed by atoms with Crippen molar-refractivity contribution in [3.05, 3.63) is 27.8 Å². The Kier molecular flexibility index (Phi) is 2.74. The monoisotopic (exact) mass is 289 g/mol. The summed E-state index contributed by atoms with van der Waals surface area (Å²) in [5.41, 5.74) is 1.13. The molecule has 0 amide bonds. The molecule has 2 rings (SSSR count). The molecular weight excluding hydrogens is 277 g/mol. The predicted molar refractivity (Wildman–Crippen MR) is 61.7 cm³/mol. The molecule has 3 heteroatoms. The molecule has 1 N–H and O–H groups in total. The van der Waals surface area contributed by atoms with Gasteiger partial charge in [-0.05, 0) is 59.7 Å². The number of aliphatic hydroxyl groups is 1. The Morgan fingerprint density at radius 2 is 2.00 bits per heavy atom. The number of aliphatic hydroxyl groups excluding tert-OH is 1. The van der Waals surface area contributed by atoms with Gasteiger partial charge >= 0.3 is 0 Å². The van der Waals surface area contributed by atoms with Crippen LogP contribution in [-0.4, -0.2) is 17.9 Å². The molecule has 0 saturated carbocycles. The van der Waals surface area contributed by atoms with E-state index >= 15 is 0 Å². The van der Waals surface area contributed by atoms with E-state index in [1.165, 1.54) is 3.57 Å². The van der Waals surface area contributed by atoms with Crippen LogP contribution in [0.25, 0.3) is 0 Å². The summed E-state index contributed by atoms with van der Waals surface area (Å²) in [4.78, 5) is 2.05. The summed E-state index contributed by atoms with van der Waals surface area (Å²) in [5.74, 6) is 0. The molecule has 2 nitrogen and oxygen atoms in total. The minimum atomic E-state index is -0.278. The Labute approximate surface area is 91.7 Å². The number of hydrogen-bond donors (Lipinski definition) is 1. The first-order chi connectivity index (χ1) is 6.27. The van der Waals surface area contributed by atoms with Crippen molar-refractivity contribution in [1.82, 2.24) is 0 Å². The maximum Gasteiger partial charge on any atom is 0.126 e. The van der Waals surface area contributed by atoms with E-state index in [1.54, 1.807) is 0 Å². The summed E-state index contributed by atoms with van der Waals surface area (Å²) in [6.45, 7) is 0.974. The number of hydrogen-bond acceptors (Lipinski definition) is 2. The quantitative estimate of drug-likeness (QED) is 0.801. The SMILES string of the molecule is OC1CCCN1c1ccc(I)cc1. The Balaban J connectivity index is 2.20. The molecule has 1 aliphatic rings. The minimum Gasteiger partial charge on any atom is -0.374 e. The van der Waals surface area contributed by atoms with Gasteiger partial charge in [0.25, 0.3) is 0 Å². The van der Waals surface area contributed by atoms with Crippen molar-refractivity contribution < 1.29 is 5.11 Å². The lowest BCUT2D eigenvalue weighted by molar-refractivity contribution is 0.186. The Hall–Kier alpha value is -0.290. The zero-order chi connectivity index (χ0) is 9.26. The van der Waals surface area contributed by atoms with Gasteiger partial charge in [-0.1, -0.05) is 0 Å². The van der Waals surface area contributed by atoms with Crippen LogP contribution in [0.15, 0.2) is 24.3 Å². The summed E-state index contributed by atoms with van der Waals surface area (Å²) in [7, 11) is 0. The summed E-state index contributed by atoms with van der Waals surface area (Å²) >= 11 is 2.28. The first kappa shape index (κ1) is 9.27. The molecule has 1 aromatic rings. The molecule has 0 spiro atoms. The second kappa shape index (κ2) is 3.84. The zero-order valence-electron chi connectivity index (χ0n) is 7.28. The van der Waals surface area contributed by atoms with Crippen molar-refractivity contribution in [3.8, 4) is 0 Å². The number of anilines is 1. The van der Waals surface area contributed by atoms with E-state index in [9.17, 15) is 5.11 Å². The van der Waals surface area contributed by atoms with Crippen LogP contribution < -0.4 is 4.90 Å². The van der Waals surface area contributed by atoms with Crippen LogP contribution in [0, 0.1) is 3.57 Å². The fraction of sp³-hybridized carbons (Fsp3) is 0.400. The van der Waals surface area contributed by atoms with E-state index in [1.807, 2.05) is 0 Å². The van der Waals surface area contributed by atoms with Gasteiger partial charge in [-0.3, -0.25) is 0 Å². The van der Waals surface area contributed by atoms with Crippen LogP contribution in [0.4, 0.5) is 5.69 Å². The highest BCUT2D eigenvalue weighted by Gasteiger charge is 2.21. The maximum absolute atomic E-state index is 9.64. The van der Waals surface area contributed by atoms with Crippen LogP contribution >= 0.6 is 22.6 Å². The fourth-order valence-corrected chi connectivity index (χ4v) is 2.04. The molecule has 1 unspecified atom stereocenters. The summed E-state index contributed by atoms with van der Waals surface area (Å²) in [6.07, 6.45) is 1.71. The minimum absolute atomic E-state index is 0.278. The normalized spacial score (nSPS) is 22.3. The Bertz CT molecular complexity index is 285. The number of halogens is 1. The lowest BCUT2D eigenvalue weighted by Gasteiger charge is -2.22. The van der Waals surface area contributed by atoms with Gasteiger partial charge in [-0.25, -0.2) is 0 Å². The molecule has 0 aromatic heterocycles. The third kappa shape index (κ3) is 1.96. The van der Waals surface area contributed by atoms with E-state index in [0.29, 0.717) is 0 Å². The van der Waals surface area contributed by atoms with Crippen molar-refractivity contribution in [2.24, 2.45) is 0 Å². The number of rotatable bonds is 1. The number of benzene rings is 1. The Morgan fingerprint density at radius 3 is 2.54 bits per heavy atom. The molecule has 1 atom stereocenters. The third-order valence-electron chi connectivity index (χ3n) is 2.38. The first-order valence-corrected chi connectivity index (χ1v) is 5.55. The van der Waals surface area contributed by atoms with E-state index in [-0.39, 0.29) is 6.23 Å². The molecule has 1 aromatic carbocycles. The molecule has 0 radical (unpaired) electrons. The van der Waals surface area contributed by atoms with Crippen LogP contribution in [0.2, 0.25) is 0 Å². The van der Waals surface area contributed by atoms with Crippen LogP contribution in [0.1, 0.15) is 12.8 Å². The standard InChI is InChI=1S/C10H12INO/c11-8-3-5-9(6-4-8)12-7-1-2-10(12)13/h3-6,10,13H,1-2,7H2. The largest absolute Gasteiger partial charge is 0.374 e. The van der Waals surface area contributed by atoms with Gasteiger partial charge in [0.2, 0.25) is 0 Å². The van der Waals surface area contributed by atoms with E-state index in [4.69, 9.17) is 0 Å². The van der Waals surface area contributed by atoms with Crippen LogP contribution in [-0.2, 0) is 0 Å². The summed E-state index contributed by atoms with van der Waals surface area (Å²) in [6, 6.07) is 8.27. The topological polar surface area (TPSA) is 23.5 Å². The van der Waals surface area contributed by atoms with Gasteiger partial charge in [-0.2, -0.15) is 0 Å². The van der Waals surface area contributed by atoms with E-state index in [2.05, 4.69) is 51.8 Å². The van der Waals surface area contributed by atoms with Crippen molar-refractivity contribution in [2.45, 2.75) is 19.1 Å². The number of nitrogens with zero attached hydrogens (tertiary/aromatic N) is 1. The van der Waals surface area contributed by atoms with Crippen molar-refractivity contribution in [3.63, 3.8) is 0 Å². The molecule has 1 heterocycles. The van der Waals surface area contributed by atoms with Gasteiger partial charge < -0.3 is 10.0 Å². The van der Waals surface area contributed by atoms with E-state index < -0.39 is 0 Å². The molecule has 13 heavy (non-hydrogen) atoms. The van der Waals surface area contributed by atoms with Crippen LogP contribution in [0.3, 0.4) is 0 Å². The maximum atomic E-state index is 9.64. The lowest BCUT2D eigenvalue weighted by atomic mass is 10.3. The van der Waals surface area contributed by atoms with Gasteiger partial charge in [0.1, 0.15) is 6.23 Å².